The number of hydroxylamine groups is 2. The van der Waals surface area contributed by atoms with Gasteiger partial charge < -0.3 is 14.3 Å². The zero-order valence-electron chi connectivity index (χ0n) is 13.2. The van der Waals surface area contributed by atoms with Gasteiger partial charge in [0.25, 0.3) is 0 Å². The third-order valence-electron chi connectivity index (χ3n) is 3.42. The van der Waals surface area contributed by atoms with Gasteiger partial charge in [-0.3, -0.25) is 0 Å². The molecule has 0 N–H and O–H groups in total. The molecule has 0 unspecified atom stereocenters. The molecule has 1 heterocycles. The van der Waals surface area contributed by atoms with Crippen molar-refractivity contribution in [3.63, 3.8) is 0 Å². The number of piperidine rings is 1. The lowest BCUT2D eigenvalue weighted by molar-refractivity contribution is -0.274. The molecule has 0 radical (unpaired) electrons. The normalized spacial score (nSPS) is 22.2. The molecular weight excluding hydrogens is 294 g/mol. The Bertz CT molecular complexity index is 365. The van der Waals surface area contributed by atoms with Crippen molar-refractivity contribution < 1.29 is 14.3 Å². The minimum Gasteiger partial charge on any atom is -0.497 e. The van der Waals surface area contributed by atoms with Gasteiger partial charge in [0.15, 0.2) is 6.26 Å². The zero-order valence-corrected chi connectivity index (χ0v) is 14.8. The van der Waals surface area contributed by atoms with E-state index in [4.69, 9.17) is 26.5 Å². The summed E-state index contributed by atoms with van der Waals surface area (Å²) in [6.45, 7) is 8.69. The maximum absolute atomic E-state index is 5.98. The monoisotopic (exact) mass is 319 g/mol. The van der Waals surface area contributed by atoms with Crippen LogP contribution in [0, 0.1) is 0 Å². The quantitative estimate of drug-likeness (QED) is 0.573. The first kappa shape index (κ1) is 17.6. The molecule has 20 heavy (non-hydrogen) atoms. The first-order valence-electron chi connectivity index (χ1n) is 6.70. The summed E-state index contributed by atoms with van der Waals surface area (Å²) in [5.41, 5.74) is -0.141. The summed E-state index contributed by atoms with van der Waals surface area (Å²) in [5.74, 6) is 0.273. The standard InChI is InChI=1S/C14H25NO3S2/c1-13(2)8-7-9-14(3,4)15(13)18-11(10-16-5)17-12(19)20-6/h10H,7-9H2,1-6H3/b11-10+. The third kappa shape index (κ3) is 4.53. The van der Waals surface area contributed by atoms with E-state index in [1.807, 2.05) is 11.3 Å². The van der Waals surface area contributed by atoms with Gasteiger partial charge in [0.2, 0.25) is 4.38 Å². The van der Waals surface area contributed by atoms with Crippen LogP contribution in [0.15, 0.2) is 12.2 Å². The number of hydrogen-bond donors (Lipinski definition) is 0. The van der Waals surface area contributed by atoms with Crippen molar-refractivity contribution in [3.05, 3.63) is 12.2 Å². The first-order valence-corrected chi connectivity index (χ1v) is 8.33. The summed E-state index contributed by atoms with van der Waals surface area (Å²) in [4.78, 5) is 5.98. The Labute approximate surface area is 131 Å². The Morgan fingerprint density at radius 2 is 1.75 bits per heavy atom. The van der Waals surface area contributed by atoms with E-state index in [1.54, 1.807) is 7.11 Å². The van der Waals surface area contributed by atoms with Crippen molar-refractivity contribution in [2.24, 2.45) is 0 Å². The van der Waals surface area contributed by atoms with Crippen molar-refractivity contribution >= 4 is 28.4 Å². The van der Waals surface area contributed by atoms with Crippen molar-refractivity contribution in [1.29, 1.82) is 0 Å². The van der Waals surface area contributed by atoms with Gasteiger partial charge in [-0.05, 0) is 65.4 Å². The highest BCUT2D eigenvalue weighted by atomic mass is 32.2. The Hall–Kier alpha value is -0.460. The number of nitrogens with zero attached hydrogens (tertiary/aromatic N) is 1. The van der Waals surface area contributed by atoms with Crippen LogP contribution in [0.4, 0.5) is 0 Å². The van der Waals surface area contributed by atoms with Crippen LogP contribution in [0.3, 0.4) is 0 Å². The molecule has 1 aliphatic heterocycles. The molecule has 1 fully saturated rings. The van der Waals surface area contributed by atoms with Crippen LogP contribution in [0.1, 0.15) is 47.0 Å². The van der Waals surface area contributed by atoms with Crippen molar-refractivity contribution in [2.45, 2.75) is 58.0 Å². The maximum Gasteiger partial charge on any atom is 0.341 e. The Morgan fingerprint density at radius 1 is 1.20 bits per heavy atom. The first-order chi connectivity index (χ1) is 9.23. The van der Waals surface area contributed by atoms with Gasteiger partial charge in [-0.25, -0.2) is 0 Å². The molecular formula is C14H25NO3S2. The van der Waals surface area contributed by atoms with Crippen LogP contribution in [0.2, 0.25) is 0 Å². The van der Waals surface area contributed by atoms with Crippen LogP contribution in [-0.2, 0) is 14.3 Å². The highest BCUT2D eigenvalue weighted by Crippen LogP contribution is 2.39. The molecule has 0 aromatic rings. The fraction of sp³-hybridized carbons (Fsp3) is 0.786. The average Bonchev–Trinajstić information content (AvgIpc) is 2.33. The number of ether oxygens (including phenoxy) is 2. The number of thiocarbonyl (C=S) groups is 1. The molecule has 1 rings (SSSR count). The van der Waals surface area contributed by atoms with Gasteiger partial charge in [-0.15, -0.1) is 5.06 Å². The van der Waals surface area contributed by atoms with Crippen molar-refractivity contribution in [2.75, 3.05) is 13.4 Å². The van der Waals surface area contributed by atoms with Crippen LogP contribution in [0.25, 0.3) is 0 Å². The molecule has 0 bridgehead atoms. The smallest absolute Gasteiger partial charge is 0.341 e. The molecule has 4 nitrogen and oxygen atoms in total. The lowest BCUT2D eigenvalue weighted by Gasteiger charge is -2.50. The van der Waals surface area contributed by atoms with Crippen molar-refractivity contribution in [1.82, 2.24) is 5.06 Å². The van der Waals surface area contributed by atoms with Crippen LogP contribution in [0.5, 0.6) is 0 Å². The molecule has 0 spiro atoms. The van der Waals surface area contributed by atoms with Crippen LogP contribution >= 0.6 is 24.0 Å². The van der Waals surface area contributed by atoms with E-state index in [2.05, 4.69) is 27.7 Å². The largest absolute Gasteiger partial charge is 0.497 e. The summed E-state index contributed by atoms with van der Waals surface area (Å²) in [7, 11) is 1.56. The average molecular weight is 319 g/mol. The Kier molecular flexibility index (Phi) is 6.16. The number of rotatable bonds is 4. The highest BCUT2D eigenvalue weighted by molar-refractivity contribution is 8.22. The summed E-state index contributed by atoms with van der Waals surface area (Å²) < 4.78 is 10.9. The summed E-state index contributed by atoms with van der Waals surface area (Å²) in [6, 6.07) is 0. The molecule has 6 heteroatoms. The van der Waals surface area contributed by atoms with Gasteiger partial charge in [-0.1, -0.05) is 11.8 Å². The molecule has 1 aliphatic rings. The maximum atomic E-state index is 5.98. The number of methoxy groups -OCH3 is 1. The van der Waals surface area contributed by atoms with E-state index in [0.29, 0.717) is 4.38 Å². The summed E-state index contributed by atoms with van der Waals surface area (Å²) in [6.07, 6.45) is 6.63. The van der Waals surface area contributed by atoms with Gasteiger partial charge in [-0.2, -0.15) is 0 Å². The zero-order chi connectivity index (χ0) is 15.4. The predicted octanol–water partition coefficient (Wildman–Crippen LogP) is 4.07. The van der Waals surface area contributed by atoms with Crippen LogP contribution < -0.4 is 0 Å². The predicted molar refractivity (Wildman–Crippen MR) is 87.2 cm³/mol. The number of hydrogen-bond acceptors (Lipinski definition) is 6. The summed E-state index contributed by atoms with van der Waals surface area (Å²) in [5, 5.41) is 2.00. The van der Waals surface area contributed by atoms with Crippen molar-refractivity contribution in [3.8, 4) is 0 Å². The molecule has 1 saturated heterocycles. The molecule has 0 atom stereocenters. The lowest BCUT2D eigenvalue weighted by Crippen LogP contribution is -2.58. The van der Waals surface area contributed by atoms with Gasteiger partial charge >= 0.3 is 5.95 Å². The highest BCUT2D eigenvalue weighted by Gasteiger charge is 2.44. The Balaban J connectivity index is 2.89. The van der Waals surface area contributed by atoms with Gasteiger partial charge in [0.05, 0.1) is 18.2 Å². The van der Waals surface area contributed by atoms with Crippen LogP contribution in [-0.4, -0.2) is 33.9 Å². The van der Waals surface area contributed by atoms with E-state index in [-0.39, 0.29) is 17.0 Å². The van der Waals surface area contributed by atoms with E-state index in [1.165, 1.54) is 24.4 Å². The molecule has 0 aromatic carbocycles. The van der Waals surface area contributed by atoms with E-state index < -0.39 is 0 Å². The minimum absolute atomic E-state index is 0.0705. The third-order valence-corrected chi connectivity index (χ3v) is 4.42. The molecule has 0 aromatic heterocycles. The van der Waals surface area contributed by atoms with Gasteiger partial charge in [0, 0.05) is 0 Å². The summed E-state index contributed by atoms with van der Waals surface area (Å²) >= 11 is 6.43. The second-order valence-corrected chi connectivity index (χ2v) is 7.50. The molecule has 0 saturated carbocycles. The van der Waals surface area contributed by atoms with E-state index in [9.17, 15) is 0 Å². The second-order valence-electron chi connectivity index (χ2n) is 6.09. The molecule has 0 aliphatic carbocycles. The lowest BCUT2D eigenvalue weighted by atomic mass is 9.82. The molecule has 0 amide bonds. The topological polar surface area (TPSA) is 30.9 Å². The Morgan fingerprint density at radius 3 is 2.20 bits per heavy atom. The fourth-order valence-corrected chi connectivity index (χ4v) is 2.84. The SMILES string of the molecule is CO/C=C(\OC(=S)SC)ON1C(C)(C)CCCC1(C)C. The fourth-order valence-electron chi connectivity index (χ4n) is 2.60. The van der Waals surface area contributed by atoms with E-state index in [0.717, 1.165) is 12.8 Å². The molecule has 116 valence electrons. The van der Waals surface area contributed by atoms with E-state index >= 15 is 0 Å². The second kappa shape index (κ2) is 7.00. The number of thioether (sulfide) groups is 1. The van der Waals surface area contributed by atoms with Gasteiger partial charge in [0.1, 0.15) is 0 Å². The minimum atomic E-state index is -0.0705.